The van der Waals surface area contributed by atoms with E-state index in [1.54, 1.807) is 18.3 Å². The number of halogens is 1. The molecule has 0 bridgehead atoms. The van der Waals surface area contributed by atoms with Crippen LogP contribution in [0.3, 0.4) is 0 Å². The number of nitrogens with one attached hydrogen (secondary N) is 1. The van der Waals surface area contributed by atoms with Crippen LogP contribution in [0.4, 0.5) is 0 Å². The molecule has 0 aliphatic carbocycles. The van der Waals surface area contributed by atoms with Crippen LogP contribution >= 0.6 is 11.6 Å². The Morgan fingerprint density at radius 3 is 3.00 bits per heavy atom. The topological polar surface area (TPSA) is 51.2 Å². The third-order valence-corrected chi connectivity index (χ3v) is 3.50. The molecule has 0 saturated heterocycles. The highest BCUT2D eigenvalue weighted by Gasteiger charge is 2.10. The molecule has 112 valence electrons. The van der Waals surface area contributed by atoms with Gasteiger partial charge in [-0.1, -0.05) is 24.9 Å². The summed E-state index contributed by atoms with van der Waals surface area (Å²) in [5.74, 6) is 0.434. The average molecular weight is 307 g/mol. The van der Waals surface area contributed by atoms with Crippen molar-refractivity contribution >= 4 is 28.4 Å². The van der Waals surface area contributed by atoms with Gasteiger partial charge in [-0.25, -0.2) is 0 Å². The molecule has 1 aromatic heterocycles. The number of rotatable bonds is 6. The molecule has 5 heteroatoms. The van der Waals surface area contributed by atoms with Crippen LogP contribution in [-0.2, 0) is 4.79 Å². The minimum absolute atomic E-state index is 0.0264. The van der Waals surface area contributed by atoms with Crippen molar-refractivity contribution in [3.8, 4) is 5.75 Å². The van der Waals surface area contributed by atoms with E-state index in [-0.39, 0.29) is 18.6 Å². The molecular formula is C16H19ClN2O2. The quantitative estimate of drug-likeness (QED) is 0.887. The Bertz CT molecular complexity index is 631. The van der Waals surface area contributed by atoms with E-state index in [4.69, 9.17) is 16.3 Å². The highest BCUT2D eigenvalue weighted by Crippen LogP contribution is 2.29. The smallest absolute Gasteiger partial charge is 0.258 e. The normalized spacial score (nSPS) is 12.1. The van der Waals surface area contributed by atoms with Crippen molar-refractivity contribution in [1.29, 1.82) is 0 Å². The summed E-state index contributed by atoms with van der Waals surface area (Å²) in [6, 6.07) is 7.34. The van der Waals surface area contributed by atoms with E-state index >= 15 is 0 Å². The van der Waals surface area contributed by atoms with E-state index in [1.807, 2.05) is 19.1 Å². The zero-order valence-corrected chi connectivity index (χ0v) is 13.0. The van der Waals surface area contributed by atoms with Gasteiger partial charge in [0, 0.05) is 17.6 Å². The molecule has 0 fully saturated rings. The van der Waals surface area contributed by atoms with Crippen molar-refractivity contribution in [2.75, 3.05) is 6.61 Å². The number of hydrogen-bond donors (Lipinski definition) is 1. The lowest BCUT2D eigenvalue weighted by Gasteiger charge is -2.14. The lowest BCUT2D eigenvalue weighted by molar-refractivity contribution is -0.123. The Morgan fingerprint density at radius 2 is 2.24 bits per heavy atom. The van der Waals surface area contributed by atoms with Crippen molar-refractivity contribution in [3.05, 3.63) is 35.5 Å². The first kappa shape index (κ1) is 15.6. The van der Waals surface area contributed by atoms with Gasteiger partial charge < -0.3 is 10.1 Å². The zero-order valence-electron chi connectivity index (χ0n) is 12.2. The summed E-state index contributed by atoms with van der Waals surface area (Å²) in [5, 5.41) is 4.33. The molecule has 21 heavy (non-hydrogen) atoms. The van der Waals surface area contributed by atoms with Crippen LogP contribution in [0.1, 0.15) is 26.7 Å². The molecule has 0 aliphatic rings. The van der Waals surface area contributed by atoms with Gasteiger partial charge in [-0.3, -0.25) is 9.78 Å². The van der Waals surface area contributed by atoms with Gasteiger partial charge >= 0.3 is 0 Å². The van der Waals surface area contributed by atoms with E-state index in [9.17, 15) is 4.79 Å². The number of fused-ring (bicyclic) bond motifs is 1. The molecule has 0 radical (unpaired) electrons. The summed E-state index contributed by atoms with van der Waals surface area (Å²) in [4.78, 5) is 16.1. The fraction of sp³-hybridized carbons (Fsp3) is 0.375. The van der Waals surface area contributed by atoms with Gasteiger partial charge in [0.05, 0.1) is 5.02 Å². The summed E-state index contributed by atoms with van der Waals surface area (Å²) in [7, 11) is 0. The van der Waals surface area contributed by atoms with Gasteiger partial charge in [0.15, 0.2) is 6.61 Å². The summed E-state index contributed by atoms with van der Waals surface area (Å²) in [6.45, 7) is 4.05. The lowest BCUT2D eigenvalue weighted by Crippen LogP contribution is -2.35. The number of carbonyl (C=O) groups excluding carboxylic acids is 1. The summed E-state index contributed by atoms with van der Waals surface area (Å²) < 4.78 is 5.58. The molecule has 0 aliphatic heterocycles. The Hall–Kier alpha value is -1.81. The molecule has 1 amide bonds. The van der Waals surface area contributed by atoms with E-state index in [1.165, 1.54) is 0 Å². The van der Waals surface area contributed by atoms with Gasteiger partial charge in [-0.15, -0.1) is 0 Å². The predicted octanol–water partition coefficient (Wildman–Crippen LogP) is 3.57. The van der Waals surface area contributed by atoms with Crippen molar-refractivity contribution in [1.82, 2.24) is 10.3 Å². The second-order valence-electron chi connectivity index (χ2n) is 4.99. The van der Waals surface area contributed by atoms with Gasteiger partial charge in [-0.2, -0.15) is 0 Å². The standard InChI is InChI=1S/C16H19ClN2O2/c1-3-5-11(2)19-15(20)10-21-14-8-7-13(17)12-6-4-9-18-16(12)14/h4,6-9,11H,3,5,10H2,1-2H3,(H,19,20)/t11-/m0/s1. The number of amides is 1. The third kappa shape index (κ3) is 4.08. The molecule has 0 spiro atoms. The number of carbonyl (C=O) groups is 1. The number of pyridine rings is 1. The van der Waals surface area contributed by atoms with Gasteiger partial charge in [0.25, 0.3) is 5.91 Å². The first-order chi connectivity index (χ1) is 10.1. The monoisotopic (exact) mass is 306 g/mol. The number of benzene rings is 1. The van der Waals surface area contributed by atoms with E-state index in [0.29, 0.717) is 16.3 Å². The Labute approximate surface area is 129 Å². The molecule has 2 aromatic rings. The van der Waals surface area contributed by atoms with Crippen LogP contribution in [0.15, 0.2) is 30.5 Å². The maximum absolute atomic E-state index is 11.8. The van der Waals surface area contributed by atoms with Crippen molar-refractivity contribution in [2.24, 2.45) is 0 Å². The van der Waals surface area contributed by atoms with Crippen LogP contribution in [0, 0.1) is 0 Å². The SMILES string of the molecule is CCC[C@H](C)NC(=O)COc1ccc(Cl)c2cccnc12. The second kappa shape index (κ2) is 7.27. The molecule has 2 rings (SSSR count). The Balaban J connectivity index is 2.04. The van der Waals surface area contributed by atoms with Crippen LogP contribution in [-0.4, -0.2) is 23.5 Å². The minimum atomic E-state index is -0.130. The average Bonchev–Trinajstić information content (AvgIpc) is 2.47. The van der Waals surface area contributed by atoms with Crippen LogP contribution < -0.4 is 10.1 Å². The maximum atomic E-state index is 11.8. The molecule has 0 unspecified atom stereocenters. The highest BCUT2D eigenvalue weighted by atomic mass is 35.5. The molecule has 1 atom stereocenters. The first-order valence-corrected chi connectivity index (χ1v) is 7.45. The van der Waals surface area contributed by atoms with Crippen molar-refractivity contribution in [3.63, 3.8) is 0 Å². The Morgan fingerprint density at radius 1 is 1.43 bits per heavy atom. The molecule has 0 saturated carbocycles. The maximum Gasteiger partial charge on any atom is 0.258 e. The summed E-state index contributed by atoms with van der Waals surface area (Å²) in [5.41, 5.74) is 0.666. The van der Waals surface area contributed by atoms with E-state index in [2.05, 4.69) is 17.2 Å². The largest absolute Gasteiger partial charge is 0.481 e. The van der Waals surface area contributed by atoms with Crippen molar-refractivity contribution in [2.45, 2.75) is 32.7 Å². The molecular weight excluding hydrogens is 288 g/mol. The highest BCUT2D eigenvalue weighted by molar-refractivity contribution is 6.35. The van der Waals surface area contributed by atoms with E-state index in [0.717, 1.165) is 18.2 Å². The number of hydrogen-bond acceptors (Lipinski definition) is 3. The van der Waals surface area contributed by atoms with Crippen LogP contribution in [0.5, 0.6) is 5.75 Å². The second-order valence-corrected chi connectivity index (χ2v) is 5.40. The summed E-state index contributed by atoms with van der Waals surface area (Å²) >= 11 is 6.12. The first-order valence-electron chi connectivity index (χ1n) is 7.07. The van der Waals surface area contributed by atoms with Crippen LogP contribution in [0.2, 0.25) is 5.02 Å². The van der Waals surface area contributed by atoms with Crippen LogP contribution in [0.25, 0.3) is 10.9 Å². The Kier molecular flexibility index (Phi) is 5.39. The van der Waals surface area contributed by atoms with Gasteiger partial charge in [-0.05, 0) is 37.6 Å². The fourth-order valence-electron chi connectivity index (χ4n) is 2.19. The van der Waals surface area contributed by atoms with Gasteiger partial charge in [0.2, 0.25) is 0 Å². The molecule has 1 aromatic carbocycles. The molecule has 4 nitrogen and oxygen atoms in total. The van der Waals surface area contributed by atoms with E-state index < -0.39 is 0 Å². The zero-order chi connectivity index (χ0) is 15.2. The molecule has 1 N–H and O–H groups in total. The summed E-state index contributed by atoms with van der Waals surface area (Å²) in [6.07, 6.45) is 3.67. The number of aromatic nitrogens is 1. The van der Waals surface area contributed by atoms with Crippen molar-refractivity contribution < 1.29 is 9.53 Å². The molecule has 1 heterocycles. The fourth-order valence-corrected chi connectivity index (χ4v) is 2.41. The predicted molar refractivity (Wildman–Crippen MR) is 84.8 cm³/mol. The number of ether oxygens (including phenoxy) is 1. The van der Waals surface area contributed by atoms with Gasteiger partial charge in [0.1, 0.15) is 11.3 Å². The third-order valence-electron chi connectivity index (χ3n) is 3.17. The minimum Gasteiger partial charge on any atom is -0.481 e. The number of nitrogens with zero attached hydrogens (tertiary/aromatic N) is 1. The lowest BCUT2D eigenvalue weighted by atomic mass is 10.2.